The second-order valence-corrected chi connectivity index (χ2v) is 6.29. The zero-order chi connectivity index (χ0) is 13.1. The number of carbonyl (C=O) groups is 1. The largest absolute Gasteiger partial charge is 0.347 e. The molecular formula is C12H8BrCl2NOS. The first-order valence-corrected chi connectivity index (χ1v) is 7.45. The molecule has 2 aromatic rings. The Bertz CT molecular complexity index is 585. The van der Waals surface area contributed by atoms with E-state index in [9.17, 15) is 4.79 Å². The van der Waals surface area contributed by atoms with Gasteiger partial charge in [-0.3, -0.25) is 4.79 Å². The molecule has 2 nitrogen and oxygen atoms in total. The highest BCUT2D eigenvalue weighted by molar-refractivity contribution is 9.10. The Balaban J connectivity index is 2.03. The van der Waals surface area contributed by atoms with E-state index in [-0.39, 0.29) is 5.91 Å². The molecule has 1 N–H and O–H groups in total. The summed E-state index contributed by atoms with van der Waals surface area (Å²) in [6, 6.07) is 6.78. The molecule has 2 rings (SSSR count). The first-order chi connectivity index (χ1) is 8.56. The molecule has 0 aliphatic rings. The lowest BCUT2D eigenvalue weighted by Crippen LogP contribution is -2.22. The average molecular weight is 365 g/mol. The predicted octanol–water partition coefficient (Wildman–Crippen LogP) is 4.75. The Labute approximate surface area is 127 Å². The van der Waals surface area contributed by atoms with Crippen LogP contribution >= 0.6 is 50.5 Å². The summed E-state index contributed by atoms with van der Waals surface area (Å²) < 4.78 is 1.02. The molecule has 18 heavy (non-hydrogen) atoms. The van der Waals surface area contributed by atoms with Crippen LogP contribution < -0.4 is 5.32 Å². The van der Waals surface area contributed by atoms with E-state index in [1.807, 2.05) is 11.4 Å². The van der Waals surface area contributed by atoms with Gasteiger partial charge in [0.15, 0.2) is 0 Å². The van der Waals surface area contributed by atoms with Crippen LogP contribution in [0.3, 0.4) is 0 Å². The Morgan fingerprint density at radius 3 is 2.72 bits per heavy atom. The van der Waals surface area contributed by atoms with Gasteiger partial charge in [0.25, 0.3) is 5.91 Å². The number of nitrogens with one attached hydrogen (secondary N) is 1. The molecule has 1 amide bonds. The minimum atomic E-state index is -0.207. The summed E-state index contributed by atoms with van der Waals surface area (Å²) in [4.78, 5) is 13.0. The van der Waals surface area contributed by atoms with Gasteiger partial charge in [0, 0.05) is 19.8 Å². The number of hydrogen-bond acceptors (Lipinski definition) is 2. The van der Waals surface area contributed by atoms with Gasteiger partial charge in [-0.15, -0.1) is 11.3 Å². The SMILES string of the molecule is O=C(NCc1cc(Br)cs1)c1ccc(Cl)cc1Cl. The molecule has 0 spiro atoms. The van der Waals surface area contributed by atoms with E-state index in [0.717, 1.165) is 9.35 Å². The average Bonchev–Trinajstić information content (AvgIpc) is 2.72. The maximum absolute atomic E-state index is 11.9. The molecule has 94 valence electrons. The molecule has 1 aromatic carbocycles. The number of rotatable bonds is 3. The van der Waals surface area contributed by atoms with E-state index in [0.29, 0.717) is 22.2 Å². The lowest BCUT2D eigenvalue weighted by atomic mass is 10.2. The summed E-state index contributed by atoms with van der Waals surface area (Å²) in [6.45, 7) is 0.480. The summed E-state index contributed by atoms with van der Waals surface area (Å²) in [5.41, 5.74) is 0.427. The van der Waals surface area contributed by atoms with Crippen molar-refractivity contribution in [2.75, 3.05) is 0 Å². The summed E-state index contributed by atoms with van der Waals surface area (Å²) >= 11 is 16.7. The van der Waals surface area contributed by atoms with E-state index in [1.54, 1.807) is 29.5 Å². The standard InChI is InChI=1S/C12H8BrCl2NOS/c13-7-3-9(18-6-7)5-16-12(17)10-2-1-8(14)4-11(10)15/h1-4,6H,5H2,(H,16,17). The molecule has 0 unspecified atom stereocenters. The zero-order valence-electron chi connectivity index (χ0n) is 9.04. The van der Waals surface area contributed by atoms with Crippen molar-refractivity contribution in [1.82, 2.24) is 5.32 Å². The highest BCUT2D eigenvalue weighted by Gasteiger charge is 2.10. The van der Waals surface area contributed by atoms with Gasteiger partial charge in [-0.1, -0.05) is 23.2 Å². The minimum absolute atomic E-state index is 0.207. The molecule has 0 saturated heterocycles. The molecule has 6 heteroatoms. The second kappa shape index (κ2) is 6.06. The van der Waals surface area contributed by atoms with Gasteiger partial charge in [-0.2, -0.15) is 0 Å². The van der Waals surface area contributed by atoms with Crippen molar-refractivity contribution in [1.29, 1.82) is 0 Å². The number of benzene rings is 1. The normalized spacial score (nSPS) is 10.4. The van der Waals surface area contributed by atoms with Crippen molar-refractivity contribution in [2.24, 2.45) is 0 Å². The van der Waals surface area contributed by atoms with E-state index < -0.39 is 0 Å². The monoisotopic (exact) mass is 363 g/mol. The first kappa shape index (κ1) is 13.9. The van der Waals surface area contributed by atoms with E-state index in [1.165, 1.54) is 0 Å². The van der Waals surface area contributed by atoms with Gasteiger partial charge in [-0.05, 0) is 40.2 Å². The molecule has 0 aliphatic carbocycles. The second-order valence-electron chi connectivity index (χ2n) is 3.54. The van der Waals surface area contributed by atoms with Gasteiger partial charge in [0.2, 0.25) is 0 Å². The molecule has 0 saturated carbocycles. The van der Waals surface area contributed by atoms with Crippen molar-refractivity contribution >= 4 is 56.4 Å². The molecule has 0 bridgehead atoms. The van der Waals surface area contributed by atoms with Gasteiger partial charge >= 0.3 is 0 Å². The third-order valence-corrected chi connectivity index (χ3v) is 4.47. The Morgan fingerprint density at radius 1 is 1.33 bits per heavy atom. The van der Waals surface area contributed by atoms with Crippen molar-refractivity contribution < 1.29 is 4.79 Å². The first-order valence-electron chi connectivity index (χ1n) is 5.02. The predicted molar refractivity (Wildman–Crippen MR) is 79.7 cm³/mol. The summed E-state index contributed by atoms with van der Waals surface area (Å²) in [6.07, 6.45) is 0. The van der Waals surface area contributed by atoms with Crippen LogP contribution in [0.25, 0.3) is 0 Å². The number of hydrogen-bond donors (Lipinski definition) is 1. The van der Waals surface area contributed by atoms with Crippen LogP contribution in [0.2, 0.25) is 10.0 Å². The fourth-order valence-corrected chi connectivity index (χ4v) is 3.27. The van der Waals surface area contributed by atoms with Crippen molar-refractivity contribution in [3.05, 3.63) is 54.6 Å². The highest BCUT2D eigenvalue weighted by Crippen LogP contribution is 2.22. The fraction of sp³-hybridized carbons (Fsp3) is 0.0833. The molecule has 0 atom stereocenters. The third kappa shape index (κ3) is 3.48. The van der Waals surface area contributed by atoms with Crippen LogP contribution in [0, 0.1) is 0 Å². The lowest BCUT2D eigenvalue weighted by Gasteiger charge is -2.05. The quantitative estimate of drug-likeness (QED) is 0.836. The highest BCUT2D eigenvalue weighted by atomic mass is 79.9. The lowest BCUT2D eigenvalue weighted by molar-refractivity contribution is 0.0951. The number of thiophene rings is 1. The topological polar surface area (TPSA) is 29.1 Å². The van der Waals surface area contributed by atoms with Crippen LogP contribution in [0.5, 0.6) is 0 Å². The summed E-state index contributed by atoms with van der Waals surface area (Å²) in [5, 5.41) is 5.65. The summed E-state index contributed by atoms with van der Waals surface area (Å²) in [5.74, 6) is -0.207. The van der Waals surface area contributed by atoms with E-state index in [4.69, 9.17) is 23.2 Å². The molecule has 1 aromatic heterocycles. The fourth-order valence-electron chi connectivity index (χ4n) is 1.38. The van der Waals surface area contributed by atoms with Gasteiger partial charge in [-0.25, -0.2) is 0 Å². The van der Waals surface area contributed by atoms with Gasteiger partial charge in [0.05, 0.1) is 17.1 Å². The number of carbonyl (C=O) groups excluding carboxylic acids is 1. The van der Waals surface area contributed by atoms with Crippen LogP contribution in [0.4, 0.5) is 0 Å². The van der Waals surface area contributed by atoms with Crippen LogP contribution in [-0.2, 0) is 6.54 Å². The summed E-state index contributed by atoms with van der Waals surface area (Å²) in [7, 11) is 0. The van der Waals surface area contributed by atoms with Crippen LogP contribution in [0.1, 0.15) is 15.2 Å². The maximum atomic E-state index is 11.9. The molecule has 0 aliphatic heterocycles. The Kier molecular flexibility index (Phi) is 4.67. The van der Waals surface area contributed by atoms with Crippen LogP contribution in [-0.4, -0.2) is 5.91 Å². The number of amides is 1. The minimum Gasteiger partial charge on any atom is -0.347 e. The Morgan fingerprint density at radius 2 is 2.11 bits per heavy atom. The zero-order valence-corrected chi connectivity index (χ0v) is 13.0. The molecule has 0 fully saturated rings. The van der Waals surface area contributed by atoms with E-state index >= 15 is 0 Å². The molecule has 0 radical (unpaired) electrons. The molecule has 1 heterocycles. The molecular weight excluding hydrogens is 357 g/mol. The number of halogens is 3. The van der Waals surface area contributed by atoms with Crippen LogP contribution in [0.15, 0.2) is 34.1 Å². The smallest absolute Gasteiger partial charge is 0.253 e. The van der Waals surface area contributed by atoms with Crippen molar-refractivity contribution in [3.63, 3.8) is 0 Å². The van der Waals surface area contributed by atoms with Crippen molar-refractivity contribution in [3.8, 4) is 0 Å². The Hall–Kier alpha value is -0.550. The maximum Gasteiger partial charge on any atom is 0.253 e. The van der Waals surface area contributed by atoms with E-state index in [2.05, 4.69) is 21.2 Å². The third-order valence-electron chi connectivity index (χ3n) is 2.22. The van der Waals surface area contributed by atoms with Crippen molar-refractivity contribution in [2.45, 2.75) is 6.54 Å². The van der Waals surface area contributed by atoms with Gasteiger partial charge < -0.3 is 5.32 Å². The van der Waals surface area contributed by atoms with Gasteiger partial charge in [0.1, 0.15) is 0 Å².